The first kappa shape index (κ1) is 11.9. The number of halogens is 2. The second kappa shape index (κ2) is 5.07. The summed E-state index contributed by atoms with van der Waals surface area (Å²) in [6.45, 7) is 3.65. The van der Waals surface area contributed by atoms with Gasteiger partial charge in [-0.05, 0) is 25.5 Å². The van der Waals surface area contributed by atoms with Crippen molar-refractivity contribution in [1.82, 2.24) is 0 Å². The Kier molecular flexibility index (Phi) is 4.03. The van der Waals surface area contributed by atoms with Crippen LogP contribution in [0.25, 0.3) is 0 Å². The van der Waals surface area contributed by atoms with Gasteiger partial charge in [0.15, 0.2) is 11.6 Å². The van der Waals surface area contributed by atoms with Crippen molar-refractivity contribution >= 4 is 0 Å². The summed E-state index contributed by atoms with van der Waals surface area (Å²) in [5.41, 5.74) is -0.0292. The van der Waals surface area contributed by atoms with Crippen molar-refractivity contribution in [2.75, 3.05) is 6.61 Å². The number of aliphatic hydroxyl groups excluding tert-OH is 1. The van der Waals surface area contributed by atoms with Crippen LogP contribution in [0.5, 0.6) is 5.75 Å². The third-order valence-electron chi connectivity index (χ3n) is 2.12. The molecule has 0 heterocycles. The van der Waals surface area contributed by atoms with E-state index in [0.29, 0.717) is 6.42 Å². The minimum Gasteiger partial charge on any atom is -0.491 e. The zero-order valence-corrected chi connectivity index (χ0v) is 8.76. The maximum atomic E-state index is 13.4. The molecule has 0 aromatic heterocycles. The van der Waals surface area contributed by atoms with Gasteiger partial charge in [-0.3, -0.25) is 0 Å². The van der Waals surface area contributed by atoms with Crippen molar-refractivity contribution in [3.63, 3.8) is 0 Å². The molecule has 1 N–H and O–H groups in total. The van der Waals surface area contributed by atoms with Gasteiger partial charge in [0.05, 0.1) is 12.7 Å². The predicted molar refractivity (Wildman–Crippen MR) is 52.8 cm³/mol. The molecule has 0 saturated heterocycles. The lowest BCUT2D eigenvalue weighted by Gasteiger charge is -2.12. The van der Waals surface area contributed by atoms with E-state index in [1.165, 1.54) is 12.1 Å². The Morgan fingerprint density at radius 2 is 1.93 bits per heavy atom. The quantitative estimate of drug-likeness (QED) is 0.838. The lowest BCUT2D eigenvalue weighted by Crippen LogP contribution is -2.04. The highest BCUT2D eigenvalue weighted by atomic mass is 19.2. The molecular formula is C11H14F2O2. The van der Waals surface area contributed by atoms with Crippen molar-refractivity contribution < 1.29 is 18.6 Å². The molecule has 1 aromatic carbocycles. The molecule has 0 fully saturated rings. The molecule has 1 aromatic rings. The Bertz CT molecular complexity index is 340. The maximum absolute atomic E-state index is 13.4. The molecule has 2 nitrogen and oxygen atoms in total. The van der Waals surface area contributed by atoms with Gasteiger partial charge >= 0.3 is 0 Å². The lowest BCUT2D eigenvalue weighted by molar-refractivity contribution is 0.167. The third-order valence-corrected chi connectivity index (χ3v) is 2.12. The van der Waals surface area contributed by atoms with Gasteiger partial charge in [-0.2, -0.15) is 4.39 Å². The Balaban J connectivity index is 3.09. The minimum atomic E-state index is -1.04. The van der Waals surface area contributed by atoms with Crippen molar-refractivity contribution in [1.29, 1.82) is 0 Å². The first-order chi connectivity index (χ1) is 7.11. The molecule has 1 unspecified atom stereocenters. The van der Waals surface area contributed by atoms with E-state index in [9.17, 15) is 13.9 Å². The fourth-order valence-corrected chi connectivity index (χ4v) is 1.29. The molecule has 1 atom stereocenters. The highest BCUT2D eigenvalue weighted by molar-refractivity contribution is 5.32. The second-order valence-corrected chi connectivity index (χ2v) is 3.14. The number of ether oxygens (including phenoxy) is 1. The number of rotatable bonds is 4. The normalized spacial score (nSPS) is 12.6. The van der Waals surface area contributed by atoms with Crippen molar-refractivity contribution in [3.8, 4) is 5.75 Å². The van der Waals surface area contributed by atoms with E-state index >= 15 is 0 Å². The highest BCUT2D eigenvalue weighted by Gasteiger charge is 2.18. The Morgan fingerprint density at radius 3 is 2.47 bits per heavy atom. The summed E-state index contributed by atoms with van der Waals surface area (Å²) in [6.07, 6.45) is -0.639. The van der Waals surface area contributed by atoms with Crippen LogP contribution in [0.3, 0.4) is 0 Å². The maximum Gasteiger partial charge on any atom is 0.200 e. The molecule has 0 amide bonds. The number of benzene rings is 1. The van der Waals surface area contributed by atoms with E-state index in [1.807, 2.05) is 0 Å². The first-order valence-corrected chi connectivity index (χ1v) is 4.90. The molecule has 0 spiro atoms. The van der Waals surface area contributed by atoms with Crippen LogP contribution in [0.4, 0.5) is 8.78 Å². The number of hydrogen-bond acceptors (Lipinski definition) is 2. The monoisotopic (exact) mass is 216 g/mol. The fraction of sp³-hybridized carbons (Fsp3) is 0.455. The van der Waals surface area contributed by atoms with Crippen LogP contribution in [0.15, 0.2) is 12.1 Å². The van der Waals surface area contributed by atoms with E-state index in [2.05, 4.69) is 0 Å². The molecule has 0 bridgehead atoms. The summed E-state index contributed by atoms with van der Waals surface area (Å²) >= 11 is 0. The van der Waals surface area contributed by atoms with Crippen LogP contribution in [-0.4, -0.2) is 11.7 Å². The molecule has 0 radical (unpaired) electrons. The van der Waals surface area contributed by atoms with Gasteiger partial charge in [0.1, 0.15) is 0 Å². The van der Waals surface area contributed by atoms with Crippen LogP contribution in [0.1, 0.15) is 31.9 Å². The summed E-state index contributed by atoms with van der Waals surface area (Å²) < 4.78 is 31.6. The highest BCUT2D eigenvalue weighted by Crippen LogP contribution is 2.27. The van der Waals surface area contributed by atoms with E-state index in [4.69, 9.17) is 4.74 Å². The van der Waals surface area contributed by atoms with Gasteiger partial charge in [-0.25, -0.2) is 4.39 Å². The first-order valence-electron chi connectivity index (χ1n) is 4.90. The van der Waals surface area contributed by atoms with Crippen molar-refractivity contribution in [3.05, 3.63) is 29.3 Å². The summed E-state index contributed by atoms with van der Waals surface area (Å²) in [7, 11) is 0. The Hall–Kier alpha value is -1.16. The molecule has 0 aliphatic carbocycles. The molecule has 0 aliphatic rings. The predicted octanol–water partition coefficient (Wildman–Crippen LogP) is 2.81. The number of hydrogen-bond donors (Lipinski definition) is 1. The smallest absolute Gasteiger partial charge is 0.200 e. The topological polar surface area (TPSA) is 29.5 Å². The zero-order chi connectivity index (χ0) is 11.4. The summed E-state index contributed by atoms with van der Waals surface area (Å²) in [6, 6.07) is 2.67. The number of aliphatic hydroxyl groups is 1. The summed E-state index contributed by atoms with van der Waals surface area (Å²) in [5, 5.41) is 9.41. The largest absolute Gasteiger partial charge is 0.491 e. The van der Waals surface area contributed by atoms with Crippen LogP contribution in [-0.2, 0) is 0 Å². The van der Waals surface area contributed by atoms with E-state index in [-0.39, 0.29) is 17.9 Å². The van der Waals surface area contributed by atoms with Gasteiger partial charge < -0.3 is 9.84 Å². The van der Waals surface area contributed by atoms with Crippen LogP contribution >= 0.6 is 0 Å². The molecule has 84 valence electrons. The SMILES string of the molecule is CCOc1ccc(C(O)CC)c(F)c1F. The van der Waals surface area contributed by atoms with Gasteiger partial charge in [0.2, 0.25) is 5.82 Å². The second-order valence-electron chi connectivity index (χ2n) is 3.14. The molecule has 1 rings (SSSR count). The third kappa shape index (κ3) is 2.45. The average molecular weight is 216 g/mol. The van der Waals surface area contributed by atoms with Crippen LogP contribution in [0, 0.1) is 11.6 Å². The zero-order valence-electron chi connectivity index (χ0n) is 8.76. The van der Waals surface area contributed by atoms with Crippen LogP contribution < -0.4 is 4.74 Å². The molecular weight excluding hydrogens is 202 g/mol. The Labute approximate surface area is 87.5 Å². The molecule has 15 heavy (non-hydrogen) atoms. The van der Waals surface area contributed by atoms with Crippen molar-refractivity contribution in [2.45, 2.75) is 26.4 Å². The minimum absolute atomic E-state index is 0.0292. The average Bonchev–Trinajstić information content (AvgIpc) is 2.24. The molecule has 4 heteroatoms. The van der Waals surface area contributed by atoms with Gasteiger partial charge in [0, 0.05) is 5.56 Å². The van der Waals surface area contributed by atoms with Crippen molar-refractivity contribution in [2.24, 2.45) is 0 Å². The van der Waals surface area contributed by atoms with Crippen LogP contribution in [0.2, 0.25) is 0 Å². The lowest BCUT2D eigenvalue weighted by atomic mass is 10.1. The fourth-order valence-electron chi connectivity index (χ4n) is 1.29. The summed E-state index contributed by atoms with van der Waals surface area (Å²) in [5.74, 6) is -2.20. The molecule has 0 saturated carbocycles. The van der Waals surface area contributed by atoms with E-state index in [1.54, 1.807) is 13.8 Å². The van der Waals surface area contributed by atoms with E-state index < -0.39 is 17.7 Å². The molecule has 0 aliphatic heterocycles. The Morgan fingerprint density at radius 1 is 1.27 bits per heavy atom. The standard InChI is InChI=1S/C11H14F2O2/c1-3-8(14)7-5-6-9(15-4-2)11(13)10(7)12/h5-6,8,14H,3-4H2,1-2H3. The van der Waals surface area contributed by atoms with Gasteiger partial charge in [-0.1, -0.05) is 6.92 Å². The van der Waals surface area contributed by atoms with E-state index in [0.717, 1.165) is 0 Å². The van der Waals surface area contributed by atoms with Gasteiger partial charge in [0.25, 0.3) is 0 Å². The van der Waals surface area contributed by atoms with Gasteiger partial charge in [-0.15, -0.1) is 0 Å². The summed E-state index contributed by atoms with van der Waals surface area (Å²) in [4.78, 5) is 0.